The molecule has 1 saturated heterocycles. The van der Waals surface area contributed by atoms with Gasteiger partial charge >= 0.3 is 6.09 Å². The van der Waals surface area contributed by atoms with Crippen molar-refractivity contribution in [2.45, 2.75) is 45.3 Å². The molecule has 0 radical (unpaired) electrons. The molecular weight excluding hydrogens is 467 g/mol. The van der Waals surface area contributed by atoms with Gasteiger partial charge in [-0.05, 0) is 56.2 Å². The molecule has 1 atom stereocenters. The fourth-order valence-corrected chi connectivity index (χ4v) is 4.11. The summed E-state index contributed by atoms with van der Waals surface area (Å²) in [4.78, 5) is 28.0. The number of imidazole rings is 1. The zero-order chi connectivity index (χ0) is 25.4. The standard InChI is InChI=1S/C23H27FN10O2/c1-23(2,3)36-22(35)33-9-5-6-15(13-33)26-18-10-16(21-29-30-31-32(21)4)27-20(28-18)17-11-25-19-8-7-14(24)12-34(17)19/h7-8,10-12,15H,5-6,9,13H2,1-4H3,(H,26,27,28). The number of hydrogen-bond acceptors (Lipinski definition) is 9. The zero-order valence-electron chi connectivity index (χ0n) is 20.5. The maximum absolute atomic E-state index is 14.0. The second kappa shape index (κ2) is 9.13. The lowest BCUT2D eigenvalue weighted by molar-refractivity contribution is 0.0206. The molecule has 5 rings (SSSR count). The molecule has 1 amide bonds. The van der Waals surface area contributed by atoms with Crippen LogP contribution in [-0.2, 0) is 11.8 Å². The van der Waals surface area contributed by atoms with Crippen molar-refractivity contribution in [3.8, 4) is 23.0 Å². The average Bonchev–Trinajstić information content (AvgIpc) is 3.43. The van der Waals surface area contributed by atoms with Gasteiger partial charge in [0.05, 0.1) is 6.20 Å². The Labute approximate surface area is 206 Å². The molecule has 1 aliphatic heterocycles. The minimum absolute atomic E-state index is 0.0564. The minimum atomic E-state index is -0.564. The lowest BCUT2D eigenvalue weighted by Gasteiger charge is -2.34. The molecule has 1 unspecified atom stereocenters. The molecule has 36 heavy (non-hydrogen) atoms. The molecule has 0 bridgehead atoms. The van der Waals surface area contributed by atoms with E-state index in [9.17, 15) is 9.18 Å². The summed E-state index contributed by atoms with van der Waals surface area (Å²) >= 11 is 0. The summed E-state index contributed by atoms with van der Waals surface area (Å²) in [5.41, 5.74) is 1.01. The number of carbonyl (C=O) groups is 1. The number of aryl methyl sites for hydroxylation is 1. The molecule has 13 heteroatoms. The van der Waals surface area contributed by atoms with Crippen LogP contribution in [0.4, 0.5) is 15.0 Å². The predicted octanol–water partition coefficient (Wildman–Crippen LogP) is 2.93. The molecule has 4 aromatic heterocycles. The summed E-state index contributed by atoms with van der Waals surface area (Å²) in [5.74, 6) is 0.898. The molecule has 1 fully saturated rings. The van der Waals surface area contributed by atoms with Crippen LogP contribution in [0.3, 0.4) is 0 Å². The van der Waals surface area contributed by atoms with E-state index in [2.05, 4.69) is 30.8 Å². The Kier molecular flexibility index (Phi) is 5.98. The van der Waals surface area contributed by atoms with E-state index >= 15 is 0 Å². The van der Waals surface area contributed by atoms with Crippen LogP contribution < -0.4 is 5.32 Å². The van der Waals surface area contributed by atoms with Gasteiger partial charge in [-0.2, -0.15) is 0 Å². The first-order valence-corrected chi connectivity index (χ1v) is 11.7. The second-order valence-corrected chi connectivity index (χ2v) is 9.72. The van der Waals surface area contributed by atoms with E-state index in [-0.39, 0.29) is 12.1 Å². The number of carbonyl (C=O) groups excluding carboxylic acids is 1. The molecule has 0 spiro atoms. The van der Waals surface area contributed by atoms with E-state index in [0.717, 1.165) is 12.8 Å². The summed E-state index contributed by atoms with van der Waals surface area (Å²) in [6.45, 7) is 6.65. The SMILES string of the molecule is Cn1nnnc1-c1cc(NC2CCCN(C(=O)OC(C)(C)C)C2)nc(-c2cnc3ccc(F)cn23)n1. The van der Waals surface area contributed by atoms with Crippen LogP contribution in [0.5, 0.6) is 0 Å². The number of rotatable bonds is 4. The second-order valence-electron chi connectivity index (χ2n) is 9.72. The number of hydrogen-bond donors (Lipinski definition) is 1. The highest BCUT2D eigenvalue weighted by Crippen LogP contribution is 2.25. The van der Waals surface area contributed by atoms with Gasteiger partial charge in [-0.25, -0.2) is 28.8 Å². The number of nitrogens with zero attached hydrogens (tertiary/aromatic N) is 9. The van der Waals surface area contributed by atoms with Crippen LogP contribution in [0.2, 0.25) is 0 Å². The van der Waals surface area contributed by atoms with E-state index in [1.165, 1.54) is 16.9 Å². The van der Waals surface area contributed by atoms with Gasteiger partial charge in [0.15, 0.2) is 5.82 Å². The Morgan fingerprint density at radius 3 is 2.83 bits per heavy atom. The molecule has 0 aliphatic carbocycles. The van der Waals surface area contributed by atoms with Crippen LogP contribution in [0.25, 0.3) is 28.7 Å². The topological polar surface area (TPSA) is 128 Å². The summed E-state index contributed by atoms with van der Waals surface area (Å²) in [6.07, 6.45) is 4.26. The Morgan fingerprint density at radius 2 is 2.08 bits per heavy atom. The van der Waals surface area contributed by atoms with Crippen LogP contribution in [0.15, 0.2) is 30.6 Å². The quantitative estimate of drug-likeness (QED) is 0.455. The third-order valence-corrected chi connectivity index (χ3v) is 5.70. The number of nitrogens with one attached hydrogen (secondary N) is 1. The molecule has 188 valence electrons. The molecule has 1 aliphatic rings. The normalized spacial score (nSPS) is 16.4. The van der Waals surface area contributed by atoms with Gasteiger partial charge in [0.25, 0.3) is 0 Å². The number of pyridine rings is 1. The molecular formula is C23H27FN10O2. The van der Waals surface area contributed by atoms with Gasteiger partial charge in [0.2, 0.25) is 5.82 Å². The Balaban J connectivity index is 1.48. The minimum Gasteiger partial charge on any atom is -0.444 e. The molecule has 4 aromatic rings. The molecule has 0 aromatic carbocycles. The third kappa shape index (κ3) is 4.95. The van der Waals surface area contributed by atoms with Gasteiger partial charge in [0, 0.05) is 38.4 Å². The Hall–Kier alpha value is -4.16. The van der Waals surface area contributed by atoms with Gasteiger partial charge < -0.3 is 15.0 Å². The van der Waals surface area contributed by atoms with Crippen molar-refractivity contribution in [3.05, 3.63) is 36.4 Å². The van der Waals surface area contributed by atoms with Gasteiger partial charge in [-0.15, -0.1) is 5.10 Å². The first-order valence-electron chi connectivity index (χ1n) is 11.7. The largest absolute Gasteiger partial charge is 0.444 e. The van der Waals surface area contributed by atoms with Crippen molar-refractivity contribution in [2.75, 3.05) is 18.4 Å². The van der Waals surface area contributed by atoms with Crippen molar-refractivity contribution in [1.29, 1.82) is 0 Å². The third-order valence-electron chi connectivity index (χ3n) is 5.70. The maximum Gasteiger partial charge on any atom is 0.410 e. The number of anilines is 1. The predicted molar refractivity (Wildman–Crippen MR) is 128 cm³/mol. The highest BCUT2D eigenvalue weighted by molar-refractivity contribution is 5.68. The molecule has 5 heterocycles. The van der Waals surface area contributed by atoms with Crippen LogP contribution in [0.1, 0.15) is 33.6 Å². The zero-order valence-corrected chi connectivity index (χ0v) is 20.5. The summed E-state index contributed by atoms with van der Waals surface area (Å²) in [6, 6.07) is 4.63. The number of halogens is 1. The number of tetrazole rings is 1. The van der Waals surface area contributed by atoms with Gasteiger partial charge in [-0.1, -0.05) is 0 Å². The fraction of sp³-hybridized carbons (Fsp3) is 0.435. The number of piperidine rings is 1. The van der Waals surface area contributed by atoms with Crippen molar-refractivity contribution in [2.24, 2.45) is 7.05 Å². The van der Waals surface area contributed by atoms with Gasteiger partial charge in [0.1, 0.15) is 34.3 Å². The van der Waals surface area contributed by atoms with Crippen molar-refractivity contribution in [1.82, 2.24) is 44.5 Å². The highest BCUT2D eigenvalue weighted by atomic mass is 19.1. The number of fused-ring (bicyclic) bond motifs is 1. The smallest absolute Gasteiger partial charge is 0.410 e. The molecule has 12 nitrogen and oxygen atoms in total. The first-order chi connectivity index (χ1) is 17.2. The van der Waals surface area contributed by atoms with E-state index in [0.29, 0.717) is 47.6 Å². The van der Waals surface area contributed by atoms with Crippen molar-refractivity contribution < 1.29 is 13.9 Å². The summed E-state index contributed by atoms with van der Waals surface area (Å²) < 4.78 is 22.6. The van der Waals surface area contributed by atoms with Gasteiger partial charge in [-0.3, -0.25) is 4.40 Å². The van der Waals surface area contributed by atoms with E-state index in [1.54, 1.807) is 34.7 Å². The number of likely N-dealkylation sites (tertiary alicyclic amines) is 1. The summed E-state index contributed by atoms with van der Waals surface area (Å²) in [5, 5.41) is 15.1. The van der Waals surface area contributed by atoms with E-state index in [1.807, 2.05) is 20.8 Å². The number of amides is 1. The maximum atomic E-state index is 14.0. The van der Waals surface area contributed by atoms with Crippen LogP contribution >= 0.6 is 0 Å². The van der Waals surface area contributed by atoms with E-state index in [4.69, 9.17) is 9.72 Å². The van der Waals surface area contributed by atoms with Crippen LogP contribution in [-0.4, -0.2) is 75.3 Å². The average molecular weight is 495 g/mol. The molecule has 1 N–H and O–H groups in total. The number of aromatic nitrogens is 8. The lowest BCUT2D eigenvalue weighted by atomic mass is 10.1. The molecule has 0 saturated carbocycles. The number of ether oxygens (including phenoxy) is 1. The monoisotopic (exact) mass is 494 g/mol. The summed E-state index contributed by atoms with van der Waals surface area (Å²) in [7, 11) is 1.72. The highest BCUT2D eigenvalue weighted by Gasteiger charge is 2.28. The van der Waals surface area contributed by atoms with Crippen molar-refractivity contribution in [3.63, 3.8) is 0 Å². The van der Waals surface area contributed by atoms with Crippen molar-refractivity contribution >= 4 is 17.6 Å². The first kappa shape index (κ1) is 23.6. The fourth-order valence-electron chi connectivity index (χ4n) is 4.11. The Bertz CT molecular complexity index is 1410. The van der Waals surface area contributed by atoms with E-state index < -0.39 is 11.4 Å². The lowest BCUT2D eigenvalue weighted by Crippen LogP contribution is -2.47. The Morgan fingerprint density at radius 1 is 1.25 bits per heavy atom. The van der Waals surface area contributed by atoms with Crippen LogP contribution in [0, 0.1) is 5.82 Å².